The Labute approximate surface area is 96.6 Å². The number of amides is 1. The first-order chi connectivity index (χ1) is 7.31. The Bertz CT molecular complexity index is 254. The van der Waals surface area contributed by atoms with E-state index in [2.05, 4.69) is 10.6 Å². The molecule has 0 aromatic rings. The maximum absolute atomic E-state index is 11.2. The SMILES string of the molecule is CCNC(=O)CNC(C)(CC(C)C)C(=O)O. The Morgan fingerprint density at radius 1 is 1.38 bits per heavy atom. The predicted molar refractivity (Wildman–Crippen MR) is 62.2 cm³/mol. The van der Waals surface area contributed by atoms with Gasteiger partial charge in [-0.25, -0.2) is 0 Å². The van der Waals surface area contributed by atoms with E-state index < -0.39 is 11.5 Å². The number of carboxylic acid groups (broad SMARTS) is 1. The van der Waals surface area contributed by atoms with Gasteiger partial charge in [-0.3, -0.25) is 14.9 Å². The lowest BCUT2D eigenvalue weighted by molar-refractivity contribution is -0.145. The average molecular weight is 230 g/mol. The van der Waals surface area contributed by atoms with E-state index in [1.165, 1.54) is 0 Å². The number of carbonyl (C=O) groups is 2. The van der Waals surface area contributed by atoms with Crippen molar-refractivity contribution in [1.82, 2.24) is 10.6 Å². The summed E-state index contributed by atoms with van der Waals surface area (Å²) in [5.74, 6) is -0.855. The van der Waals surface area contributed by atoms with E-state index in [9.17, 15) is 9.59 Å². The molecule has 0 heterocycles. The normalized spacial score (nSPS) is 14.6. The number of aliphatic carboxylic acids is 1. The van der Waals surface area contributed by atoms with Crippen LogP contribution in [0.1, 0.15) is 34.1 Å². The van der Waals surface area contributed by atoms with Crippen molar-refractivity contribution in [2.45, 2.75) is 39.7 Å². The smallest absolute Gasteiger partial charge is 0.323 e. The molecule has 0 aliphatic heterocycles. The fourth-order valence-electron chi connectivity index (χ4n) is 1.59. The van der Waals surface area contributed by atoms with Gasteiger partial charge in [0.05, 0.1) is 6.54 Å². The van der Waals surface area contributed by atoms with Crippen LogP contribution < -0.4 is 10.6 Å². The zero-order valence-electron chi connectivity index (χ0n) is 10.5. The maximum atomic E-state index is 11.2. The first-order valence-corrected chi connectivity index (χ1v) is 5.57. The molecular formula is C11H22N2O3. The van der Waals surface area contributed by atoms with Gasteiger partial charge in [-0.15, -0.1) is 0 Å². The number of likely N-dealkylation sites (N-methyl/N-ethyl adjacent to an activating group) is 1. The molecule has 0 rings (SSSR count). The van der Waals surface area contributed by atoms with Gasteiger partial charge in [-0.1, -0.05) is 13.8 Å². The summed E-state index contributed by atoms with van der Waals surface area (Å²) in [6.07, 6.45) is 0.488. The number of hydrogen-bond donors (Lipinski definition) is 3. The van der Waals surface area contributed by atoms with Crippen molar-refractivity contribution < 1.29 is 14.7 Å². The Kier molecular flexibility index (Phi) is 6.03. The first kappa shape index (κ1) is 14.9. The summed E-state index contributed by atoms with van der Waals surface area (Å²) in [6, 6.07) is 0. The highest BCUT2D eigenvalue weighted by atomic mass is 16.4. The quantitative estimate of drug-likeness (QED) is 0.598. The second-order valence-electron chi connectivity index (χ2n) is 4.54. The van der Waals surface area contributed by atoms with Crippen LogP contribution in [-0.2, 0) is 9.59 Å². The standard InChI is InChI=1S/C11H22N2O3/c1-5-12-9(14)7-13-11(4,10(15)16)6-8(2)3/h8,13H,5-7H2,1-4H3,(H,12,14)(H,15,16). The van der Waals surface area contributed by atoms with Crippen molar-refractivity contribution in [1.29, 1.82) is 0 Å². The molecule has 0 radical (unpaired) electrons. The van der Waals surface area contributed by atoms with Crippen molar-refractivity contribution in [3.05, 3.63) is 0 Å². The van der Waals surface area contributed by atoms with E-state index in [1.807, 2.05) is 20.8 Å². The molecule has 0 aromatic heterocycles. The number of nitrogens with one attached hydrogen (secondary N) is 2. The third-order valence-electron chi connectivity index (χ3n) is 2.30. The van der Waals surface area contributed by atoms with Crippen LogP contribution in [0.2, 0.25) is 0 Å². The third kappa shape index (κ3) is 5.11. The molecule has 1 unspecified atom stereocenters. The Morgan fingerprint density at radius 3 is 2.31 bits per heavy atom. The van der Waals surface area contributed by atoms with E-state index in [0.717, 1.165) is 0 Å². The van der Waals surface area contributed by atoms with Crippen molar-refractivity contribution in [3.8, 4) is 0 Å². The molecule has 94 valence electrons. The fraction of sp³-hybridized carbons (Fsp3) is 0.818. The summed E-state index contributed by atoms with van der Waals surface area (Å²) in [6.45, 7) is 7.92. The average Bonchev–Trinajstić information content (AvgIpc) is 2.14. The van der Waals surface area contributed by atoms with Gasteiger partial charge in [0, 0.05) is 6.54 Å². The molecule has 0 fully saturated rings. The van der Waals surface area contributed by atoms with Crippen molar-refractivity contribution in [3.63, 3.8) is 0 Å². The van der Waals surface area contributed by atoms with E-state index in [1.54, 1.807) is 6.92 Å². The van der Waals surface area contributed by atoms with Gasteiger partial charge >= 0.3 is 5.97 Å². The van der Waals surface area contributed by atoms with Crippen LogP contribution in [0.15, 0.2) is 0 Å². The first-order valence-electron chi connectivity index (χ1n) is 5.57. The summed E-state index contributed by atoms with van der Waals surface area (Å²) in [5, 5.41) is 14.5. The molecule has 5 heteroatoms. The monoisotopic (exact) mass is 230 g/mol. The molecule has 0 saturated carbocycles. The molecule has 0 aliphatic carbocycles. The van der Waals surface area contributed by atoms with E-state index in [-0.39, 0.29) is 18.4 Å². The minimum absolute atomic E-state index is 0.0311. The molecule has 0 aromatic carbocycles. The highest BCUT2D eigenvalue weighted by molar-refractivity contribution is 5.81. The van der Waals surface area contributed by atoms with Crippen molar-refractivity contribution in [2.75, 3.05) is 13.1 Å². The zero-order chi connectivity index (χ0) is 12.8. The Balaban J connectivity index is 4.34. The number of carbonyl (C=O) groups excluding carboxylic acids is 1. The Hall–Kier alpha value is -1.10. The van der Waals surface area contributed by atoms with Gasteiger partial charge in [-0.2, -0.15) is 0 Å². The van der Waals surface area contributed by atoms with E-state index >= 15 is 0 Å². The van der Waals surface area contributed by atoms with Crippen LogP contribution in [0.25, 0.3) is 0 Å². The fourth-order valence-corrected chi connectivity index (χ4v) is 1.59. The molecule has 0 aliphatic rings. The molecular weight excluding hydrogens is 208 g/mol. The van der Waals surface area contributed by atoms with Gasteiger partial charge < -0.3 is 10.4 Å². The van der Waals surface area contributed by atoms with E-state index in [0.29, 0.717) is 13.0 Å². The summed E-state index contributed by atoms with van der Waals surface area (Å²) in [4.78, 5) is 22.4. The Morgan fingerprint density at radius 2 is 1.94 bits per heavy atom. The van der Waals surface area contributed by atoms with Crippen LogP contribution >= 0.6 is 0 Å². The second kappa shape index (κ2) is 6.48. The van der Waals surface area contributed by atoms with Crippen LogP contribution in [0.5, 0.6) is 0 Å². The molecule has 0 spiro atoms. The summed E-state index contributed by atoms with van der Waals surface area (Å²) < 4.78 is 0. The molecule has 1 amide bonds. The van der Waals surface area contributed by atoms with Crippen LogP contribution in [0.3, 0.4) is 0 Å². The highest BCUT2D eigenvalue weighted by Crippen LogP contribution is 2.16. The predicted octanol–water partition coefficient (Wildman–Crippen LogP) is 0.601. The number of rotatable bonds is 7. The largest absolute Gasteiger partial charge is 0.480 e. The molecule has 0 saturated heterocycles. The third-order valence-corrected chi connectivity index (χ3v) is 2.30. The molecule has 3 N–H and O–H groups in total. The highest BCUT2D eigenvalue weighted by Gasteiger charge is 2.33. The van der Waals surface area contributed by atoms with Crippen LogP contribution in [-0.4, -0.2) is 35.6 Å². The van der Waals surface area contributed by atoms with Crippen LogP contribution in [0, 0.1) is 5.92 Å². The molecule has 16 heavy (non-hydrogen) atoms. The molecule has 0 bridgehead atoms. The summed E-state index contributed by atoms with van der Waals surface area (Å²) in [7, 11) is 0. The summed E-state index contributed by atoms with van der Waals surface area (Å²) >= 11 is 0. The topological polar surface area (TPSA) is 78.4 Å². The van der Waals surface area contributed by atoms with Gasteiger partial charge in [0.1, 0.15) is 5.54 Å². The molecule has 1 atom stereocenters. The second-order valence-corrected chi connectivity index (χ2v) is 4.54. The van der Waals surface area contributed by atoms with Crippen LogP contribution in [0.4, 0.5) is 0 Å². The zero-order valence-corrected chi connectivity index (χ0v) is 10.5. The number of carboxylic acids is 1. The lowest BCUT2D eigenvalue weighted by atomic mass is 9.91. The maximum Gasteiger partial charge on any atom is 0.323 e. The molecule has 5 nitrogen and oxygen atoms in total. The minimum atomic E-state index is -1.04. The minimum Gasteiger partial charge on any atom is -0.480 e. The van der Waals surface area contributed by atoms with Gasteiger partial charge in [0.15, 0.2) is 0 Å². The number of hydrogen-bond acceptors (Lipinski definition) is 3. The van der Waals surface area contributed by atoms with Gasteiger partial charge in [0.25, 0.3) is 0 Å². The lowest BCUT2D eigenvalue weighted by Gasteiger charge is -2.27. The lowest BCUT2D eigenvalue weighted by Crippen LogP contribution is -2.53. The van der Waals surface area contributed by atoms with Crippen molar-refractivity contribution in [2.24, 2.45) is 5.92 Å². The van der Waals surface area contributed by atoms with E-state index in [4.69, 9.17) is 5.11 Å². The van der Waals surface area contributed by atoms with Gasteiger partial charge in [-0.05, 0) is 26.2 Å². The van der Waals surface area contributed by atoms with Crippen molar-refractivity contribution >= 4 is 11.9 Å². The summed E-state index contributed by atoms with van der Waals surface area (Å²) in [5.41, 5.74) is -1.04. The van der Waals surface area contributed by atoms with Gasteiger partial charge in [0.2, 0.25) is 5.91 Å².